The number of carbonyl (C=O) groups is 3. The first kappa shape index (κ1) is 23.8. The molecule has 1 aromatic carbocycles. The lowest BCUT2D eigenvalue weighted by molar-refractivity contribution is -0.140. The molecule has 8 nitrogen and oxygen atoms in total. The van der Waals surface area contributed by atoms with Crippen molar-refractivity contribution < 1.29 is 19.1 Å². The molecule has 1 N–H and O–H groups in total. The Hall–Kier alpha value is -2.86. The molecule has 1 aromatic rings. The second-order valence-corrected chi connectivity index (χ2v) is 9.09. The lowest BCUT2D eigenvalue weighted by atomic mass is 9.93. The molecule has 1 aliphatic heterocycles. The van der Waals surface area contributed by atoms with Crippen LogP contribution in [-0.2, 0) is 14.3 Å². The maximum atomic E-state index is 12.8. The number of nitriles is 1. The van der Waals surface area contributed by atoms with Crippen LogP contribution in [0.1, 0.15) is 61.4 Å². The minimum absolute atomic E-state index is 0.110. The largest absolute Gasteiger partial charge is 0.469 e. The Bertz CT molecular complexity index is 919. The van der Waals surface area contributed by atoms with Gasteiger partial charge in [0, 0.05) is 24.2 Å². The zero-order chi connectivity index (χ0) is 23.1. The Morgan fingerprint density at radius 1 is 1.22 bits per heavy atom. The van der Waals surface area contributed by atoms with Gasteiger partial charge in [-0.15, -0.1) is 0 Å². The summed E-state index contributed by atoms with van der Waals surface area (Å²) in [5, 5.41) is 11.9. The van der Waals surface area contributed by atoms with Crippen LogP contribution < -0.4 is 5.32 Å². The van der Waals surface area contributed by atoms with Crippen LogP contribution in [0, 0.1) is 11.3 Å². The Kier molecular flexibility index (Phi) is 8.28. The van der Waals surface area contributed by atoms with Crippen LogP contribution in [0.25, 0.3) is 0 Å². The van der Waals surface area contributed by atoms with Crippen molar-refractivity contribution in [1.29, 1.82) is 5.26 Å². The normalized spacial score (nSPS) is 22.4. The number of amides is 2. The Labute approximate surface area is 192 Å². The number of hydrogen-bond donors (Lipinski definition) is 1. The van der Waals surface area contributed by atoms with Gasteiger partial charge >= 0.3 is 5.97 Å². The smallest absolute Gasteiger partial charge is 0.307 e. The number of benzene rings is 1. The highest BCUT2D eigenvalue weighted by molar-refractivity contribution is 8.15. The van der Waals surface area contributed by atoms with Gasteiger partial charge in [0.05, 0.1) is 25.2 Å². The number of aliphatic imine (C=N–C) groups is 1. The van der Waals surface area contributed by atoms with E-state index in [9.17, 15) is 14.4 Å². The van der Waals surface area contributed by atoms with Crippen molar-refractivity contribution >= 4 is 34.7 Å². The highest BCUT2D eigenvalue weighted by atomic mass is 32.2. The van der Waals surface area contributed by atoms with Crippen molar-refractivity contribution in [2.24, 2.45) is 4.99 Å². The van der Waals surface area contributed by atoms with E-state index in [2.05, 4.69) is 19.9 Å². The lowest BCUT2D eigenvalue weighted by Crippen LogP contribution is -2.47. The van der Waals surface area contributed by atoms with Gasteiger partial charge in [0.2, 0.25) is 5.91 Å². The van der Waals surface area contributed by atoms with Crippen molar-refractivity contribution in [2.75, 3.05) is 13.7 Å². The average molecular weight is 457 g/mol. The molecule has 170 valence electrons. The molecule has 0 radical (unpaired) electrons. The first-order valence-electron chi connectivity index (χ1n) is 10.9. The molecule has 0 spiro atoms. The highest BCUT2D eigenvalue weighted by Crippen LogP contribution is 2.37. The monoisotopic (exact) mass is 456 g/mol. The molecule has 2 amide bonds. The fourth-order valence-electron chi connectivity index (χ4n) is 4.13. The number of carbonyl (C=O) groups excluding carboxylic acids is 3. The van der Waals surface area contributed by atoms with Crippen LogP contribution in [0.2, 0.25) is 0 Å². The Balaban J connectivity index is 1.78. The van der Waals surface area contributed by atoms with Crippen molar-refractivity contribution in [2.45, 2.75) is 62.8 Å². The summed E-state index contributed by atoms with van der Waals surface area (Å²) in [6, 6.07) is 8.52. The summed E-state index contributed by atoms with van der Waals surface area (Å²) < 4.78 is 4.61. The first-order chi connectivity index (χ1) is 15.4. The minimum atomic E-state index is -0.429. The van der Waals surface area contributed by atoms with E-state index in [1.807, 2.05) is 13.0 Å². The summed E-state index contributed by atoms with van der Waals surface area (Å²) in [6.07, 6.45) is 5.55. The number of thioether (sulfide) groups is 1. The predicted octanol–water partition coefficient (Wildman–Crippen LogP) is 2.87. The number of ether oxygens (including phenoxy) is 1. The van der Waals surface area contributed by atoms with Gasteiger partial charge < -0.3 is 15.0 Å². The average Bonchev–Trinajstić information content (AvgIpc) is 3.14. The van der Waals surface area contributed by atoms with Crippen LogP contribution in [0.3, 0.4) is 0 Å². The molecule has 1 saturated carbocycles. The molecule has 2 aliphatic rings. The van der Waals surface area contributed by atoms with Gasteiger partial charge in [-0.25, -0.2) is 0 Å². The molecule has 2 fully saturated rings. The number of rotatable bonds is 6. The number of hydrogen-bond acceptors (Lipinski definition) is 6. The van der Waals surface area contributed by atoms with Crippen LogP contribution in [0.4, 0.5) is 0 Å². The molecule has 0 aromatic heterocycles. The predicted molar refractivity (Wildman–Crippen MR) is 122 cm³/mol. The van der Waals surface area contributed by atoms with Crippen molar-refractivity contribution in [3.8, 4) is 6.07 Å². The number of amidine groups is 1. The van der Waals surface area contributed by atoms with E-state index in [0.717, 1.165) is 25.7 Å². The second kappa shape index (κ2) is 11.1. The quantitative estimate of drug-likeness (QED) is 0.655. The van der Waals surface area contributed by atoms with Gasteiger partial charge in [0.25, 0.3) is 5.91 Å². The molecule has 3 rings (SSSR count). The molecule has 1 aliphatic carbocycles. The highest BCUT2D eigenvalue weighted by Gasteiger charge is 2.44. The summed E-state index contributed by atoms with van der Waals surface area (Å²) >= 11 is 1.30. The van der Waals surface area contributed by atoms with Gasteiger partial charge in [-0.05, 0) is 44.0 Å². The van der Waals surface area contributed by atoms with E-state index < -0.39 is 11.2 Å². The molecule has 2 atom stereocenters. The van der Waals surface area contributed by atoms with Gasteiger partial charge in [0.1, 0.15) is 5.25 Å². The summed E-state index contributed by atoms with van der Waals surface area (Å²) in [5.74, 6) is -0.948. The number of nitrogens with zero attached hydrogens (tertiary/aromatic N) is 3. The fourth-order valence-corrected chi connectivity index (χ4v) is 5.44. The minimum Gasteiger partial charge on any atom is -0.469 e. The summed E-state index contributed by atoms with van der Waals surface area (Å²) in [7, 11) is 1.31. The SMILES string of the molecule is COC(=O)CCNC(=O)C1SC(=NC(=O)c2ccc(C#N)cc2)N(C2CCCCC2)C1C. The summed E-state index contributed by atoms with van der Waals surface area (Å²) in [4.78, 5) is 43.5. The van der Waals surface area contributed by atoms with E-state index in [1.165, 1.54) is 25.3 Å². The van der Waals surface area contributed by atoms with E-state index >= 15 is 0 Å². The van der Waals surface area contributed by atoms with Gasteiger partial charge in [-0.2, -0.15) is 10.3 Å². The van der Waals surface area contributed by atoms with Gasteiger partial charge in [-0.3, -0.25) is 14.4 Å². The first-order valence-corrected chi connectivity index (χ1v) is 11.7. The van der Waals surface area contributed by atoms with Crippen LogP contribution >= 0.6 is 11.8 Å². The Morgan fingerprint density at radius 2 is 1.91 bits per heavy atom. The molecular weight excluding hydrogens is 428 g/mol. The topological polar surface area (TPSA) is 112 Å². The number of nitrogens with one attached hydrogen (secondary N) is 1. The third-order valence-electron chi connectivity index (χ3n) is 5.87. The molecule has 0 bridgehead atoms. The van der Waals surface area contributed by atoms with Crippen molar-refractivity contribution in [3.05, 3.63) is 35.4 Å². The van der Waals surface area contributed by atoms with E-state index in [-0.39, 0.29) is 36.9 Å². The van der Waals surface area contributed by atoms with Crippen molar-refractivity contribution in [3.63, 3.8) is 0 Å². The number of methoxy groups -OCH3 is 1. The third-order valence-corrected chi connectivity index (χ3v) is 7.25. The van der Waals surface area contributed by atoms with E-state index in [1.54, 1.807) is 24.3 Å². The molecule has 1 saturated heterocycles. The van der Waals surface area contributed by atoms with Crippen LogP contribution in [0.5, 0.6) is 0 Å². The van der Waals surface area contributed by atoms with Gasteiger partial charge in [-0.1, -0.05) is 31.0 Å². The standard InChI is InChI=1S/C23H28N4O4S/c1-15-20(22(30)25-13-12-19(28)31-2)32-23(27(15)18-6-4-3-5-7-18)26-21(29)17-10-8-16(14-24)9-11-17/h8-11,15,18,20H,3-7,12-13H2,1-2H3,(H,25,30). The zero-order valence-electron chi connectivity index (χ0n) is 18.4. The third kappa shape index (κ3) is 5.68. The molecule has 2 unspecified atom stereocenters. The fraction of sp³-hybridized carbons (Fsp3) is 0.522. The van der Waals surface area contributed by atoms with Crippen molar-refractivity contribution in [1.82, 2.24) is 10.2 Å². The van der Waals surface area contributed by atoms with E-state index in [0.29, 0.717) is 16.3 Å². The maximum absolute atomic E-state index is 12.8. The van der Waals surface area contributed by atoms with Crippen LogP contribution in [-0.4, -0.2) is 58.8 Å². The molecule has 9 heteroatoms. The molecular formula is C23H28N4O4S. The summed E-state index contributed by atoms with van der Waals surface area (Å²) in [6.45, 7) is 2.19. The van der Waals surface area contributed by atoms with Crippen LogP contribution in [0.15, 0.2) is 29.3 Å². The summed E-state index contributed by atoms with van der Waals surface area (Å²) in [5.41, 5.74) is 0.880. The number of esters is 1. The Morgan fingerprint density at radius 3 is 2.53 bits per heavy atom. The maximum Gasteiger partial charge on any atom is 0.307 e. The second-order valence-electron chi connectivity index (χ2n) is 7.98. The zero-order valence-corrected chi connectivity index (χ0v) is 19.2. The lowest BCUT2D eigenvalue weighted by Gasteiger charge is -2.36. The molecule has 32 heavy (non-hydrogen) atoms. The molecule has 1 heterocycles. The van der Waals surface area contributed by atoms with E-state index in [4.69, 9.17) is 5.26 Å². The van der Waals surface area contributed by atoms with Gasteiger partial charge in [0.15, 0.2) is 5.17 Å².